The molecule has 0 fully saturated rings. The first-order valence-corrected chi connectivity index (χ1v) is 14.7. The van der Waals surface area contributed by atoms with Gasteiger partial charge in [-0.25, -0.2) is 9.59 Å². The third-order valence-corrected chi connectivity index (χ3v) is 8.02. The lowest BCUT2D eigenvalue weighted by Crippen LogP contribution is -2.53. The van der Waals surface area contributed by atoms with E-state index in [0.29, 0.717) is 16.9 Å². The van der Waals surface area contributed by atoms with Crippen molar-refractivity contribution in [3.63, 3.8) is 0 Å². The Morgan fingerprint density at radius 3 is 2.14 bits per heavy atom. The van der Waals surface area contributed by atoms with Gasteiger partial charge in [-0.3, -0.25) is 9.59 Å². The first kappa shape index (κ1) is 30.5. The zero-order chi connectivity index (χ0) is 31.4. The molecule has 0 saturated carbocycles. The lowest BCUT2D eigenvalue weighted by molar-refractivity contribution is -0.142. The molecule has 228 valence electrons. The number of ether oxygens (including phenoxy) is 1. The van der Waals surface area contributed by atoms with Gasteiger partial charge in [0.15, 0.2) is 0 Å². The van der Waals surface area contributed by atoms with Crippen molar-refractivity contribution in [2.24, 2.45) is 0 Å². The third-order valence-electron chi connectivity index (χ3n) is 8.02. The Morgan fingerprint density at radius 2 is 1.52 bits per heavy atom. The molecular weight excluding hydrogens is 560 g/mol. The number of nitrogens with one attached hydrogen (secondary N) is 2. The minimum Gasteiger partial charge on any atom is -0.487 e. The summed E-state index contributed by atoms with van der Waals surface area (Å²) in [5.41, 5.74) is 2.77. The van der Waals surface area contributed by atoms with Crippen molar-refractivity contribution < 1.29 is 28.6 Å². The van der Waals surface area contributed by atoms with E-state index in [1.54, 1.807) is 37.3 Å². The molecule has 2 amide bonds. The molecule has 3 N–H and O–H groups in total. The Labute approximate surface area is 255 Å². The number of aliphatic carboxylic acids is 1. The third kappa shape index (κ3) is 7.16. The van der Waals surface area contributed by atoms with Crippen LogP contribution in [-0.2, 0) is 40.1 Å². The predicted molar refractivity (Wildman–Crippen MR) is 166 cm³/mol. The molecule has 44 heavy (non-hydrogen) atoms. The monoisotopic (exact) mass is 596 g/mol. The Balaban J connectivity index is 1.37. The van der Waals surface area contributed by atoms with Crippen molar-refractivity contribution in [3.05, 3.63) is 111 Å². The molecule has 0 saturated heterocycles. The smallest absolute Gasteiger partial charge is 0.340 e. The minimum atomic E-state index is -1.20. The Hall–Kier alpha value is -4.92. The molecule has 0 unspecified atom stereocenters. The maximum absolute atomic E-state index is 13.5. The standard InChI is InChI=1S/C35H36N2O7/c1-21-25-18-24-14-15-35(2,3)44-29(24)20-30(25)43-34(42)26(21)19-31(38)36-27(16-22-10-6-4-7-11-22)32(39)37-28(33(40)41)17-23-12-8-5-9-13-23/h4-13,18,20,27-28H,14-17,19H2,1-3H3,(H,36,38)(H,37,39)(H,40,41)/t27-,28-/m0/s1. The van der Waals surface area contributed by atoms with Gasteiger partial charge >= 0.3 is 11.6 Å². The van der Waals surface area contributed by atoms with Crippen LogP contribution in [0.2, 0.25) is 0 Å². The van der Waals surface area contributed by atoms with Crippen molar-refractivity contribution in [1.82, 2.24) is 10.6 Å². The van der Waals surface area contributed by atoms with Gasteiger partial charge in [-0.2, -0.15) is 0 Å². The van der Waals surface area contributed by atoms with Crippen molar-refractivity contribution in [2.45, 2.75) is 70.6 Å². The molecule has 9 nitrogen and oxygen atoms in total. The number of fused-ring (bicyclic) bond motifs is 2. The van der Waals surface area contributed by atoms with Gasteiger partial charge in [-0.1, -0.05) is 60.7 Å². The van der Waals surface area contributed by atoms with Gasteiger partial charge < -0.3 is 24.9 Å². The fraction of sp³-hybridized carbons (Fsp3) is 0.314. The Morgan fingerprint density at radius 1 is 0.909 bits per heavy atom. The second kappa shape index (κ2) is 12.8. The van der Waals surface area contributed by atoms with Crippen LogP contribution in [-0.4, -0.2) is 40.6 Å². The summed E-state index contributed by atoms with van der Waals surface area (Å²) in [7, 11) is 0. The van der Waals surface area contributed by atoms with Gasteiger partial charge in [0.1, 0.15) is 29.0 Å². The second-order valence-electron chi connectivity index (χ2n) is 11.9. The van der Waals surface area contributed by atoms with Crippen LogP contribution in [0.1, 0.15) is 48.1 Å². The fourth-order valence-corrected chi connectivity index (χ4v) is 5.53. The average molecular weight is 597 g/mol. The van der Waals surface area contributed by atoms with Crippen LogP contribution in [0.5, 0.6) is 5.75 Å². The zero-order valence-electron chi connectivity index (χ0n) is 25.0. The summed E-state index contributed by atoms with van der Waals surface area (Å²) in [6.07, 6.45) is 1.55. The van der Waals surface area contributed by atoms with Gasteiger partial charge in [0.05, 0.1) is 12.0 Å². The fourth-order valence-electron chi connectivity index (χ4n) is 5.53. The van der Waals surface area contributed by atoms with Crippen LogP contribution in [0.3, 0.4) is 0 Å². The number of carboxylic acid groups (broad SMARTS) is 1. The van der Waals surface area contributed by atoms with E-state index in [1.165, 1.54) is 0 Å². The molecule has 1 aromatic heterocycles. The first-order chi connectivity index (χ1) is 21.0. The average Bonchev–Trinajstić information content (AvgIpc) is 2.98. The number of amides is 2. The molecule has 0 spiro atoms. The van der Waals surface area contributed by atoms with Gasteiger partial charge in [0.2, 0.25) is 11.8 Å². The number of rotatable bonds is 10. The zero-order valence-corrected chi connectivity index (χ0v) is 25.0. The van der Waals surface area contributed by atoms with Crippen LogP contribution >= 0.6 is 0 Å². The number of benzene rings is 3. The van der Waals surface area contributed by atoms with E-state index in [0.717, 1.165) is 34.9 Å². The summed E-state index contributed by atoms with van der Waals surface area (Å²) in [6.45, 7) is 5.80. The molecule has 1 aliphatic rings. The van der Waals surface area contributed by atoms with Gasteiger partial charge in [0, 0.05) is 24.3 Å². The van der Waals surface area contributed by atoms with E-state index in [9.17, 15) is 24.3 Å². The Kier molecular flexibility index (Phi) is 8.85. The van der Waals surface area contributed by atoms with Gasteiger partial charge in [-0.15, -0.1) is 0 Å². The maximum atomic E-state index is 13.5. The normalized spacial score (nSPS) is 15.0. The lowest BCUT2D eigenvalue weighted by atomic mass is 9.92. The minimum absolute atomic E-state index is 0.0808. The summed E-state index contributed by atoms with van der Waals surface area (Å²) >= 11 is 0. The van der Waals surface area contributed by atoms with E-state index in [-0.39, 0.29) is 30.4 Å². The second-order valence-corrected chi connectivity index (χ2v) is 11.9. The topological polar surface area (TPSA) is 135 Å². The number of hydrogen-bond donors (Lipinski definition) is 3. The maximum Gasteiger partial charge on any atom is 0.340 e. The molecule has 0 aliphatic carbocycles. The molecular formula is C35H36N2O7. The molecule has 1 aliphatic heterocycles. The van der Waals surface area contributed by atoms with Crippen LogP contribution < -0.4 is 21.0 Å². The van der Waals surface area contributed by atoms with Crippen molar-refractivity contribution in [1.29, 1.82) is 0 Å². The van der Waals surface area contributed by atoms with Crippen LogP contribution in [0.25, 0.3) is 11.0 Å². The largest absolute Gasteiger partial charge is 0.487 e. The first-order valence-electron chi connectivity index (χ1n) is 14.7. The molecule has 2 atom stereocenters. The molecule has 0 bridgehead atoms. The highest BCUT2D eigenvalue weighted by Gasteiger charge is 2.29. The highest BCUT2D eigenvalue weighted by Crippen LogP contribution is 2.36. The summed E-state index contributed by atoms with van der Waals surface area (Å²) in [5, 5.41) is 15.9. The summed E-state index contributed by atoms with van der Waals surface area (Å²) in [4.78, 5) is 51.9. The SMILES string of the molecule is Cc1c(CC(=O)N[C@@H](Cc2ccccc2)C(=O)N[C@@H](Cc2ccccc2)C(=O)O)c(=O)oc2cc3c(cc12)CCC(C)(C)O3. The molecule has 5 rings (SSSR count). The van der Waals surface area contributed by atoms with Gasteiger partial charge in [0.25, 0.3) is 0 Å². The van der Waals surface area contributed by atoms with Crippen LogP contribution in [0.15, 0.2) is 82.0 Å². The van der Waals surface area contributed by atoms with Crippen molar-refractivity contribution >= 4 is 28.8 Å². The van der Waals surface area contributed by atoms with Crippen molar-refractivity contribution in [3.8, 4) is 5.75 Å². The summed E-state index contributed by atoms with van der Waals surface area (Å²) in [5.74, 6) is -1.70. The molecule has 4 aromatic rings. The van der Waals surface area contributed by atoms with Crippen LogP contribution in [0, 0.1) is 6.92 Å². The highest BCUT2D eigenvalue weighted by molar-refractivity contribution is 5.92. The number of hydrogen-bond acceptors (Lipinski definition) is 6. The highest BCUT2D eigenvalue weighted by atomic mass is 16.5. The number of carboxylic acids is 1. The number of aryl methyl sites for hydroxylation is 2. The summed E-state index contributed by atoms with van der Waals surface area (Å²) < 4.78 is 11.7. The van der Waals surface area contributed by atoms with E-state index >= 15 is 0 Å². The van der Waals surface area contributed by atoms with Crippen LogP contribution in [0.4, 0.5) is 0 Å². The molecule has 0 radical (unpaired) electrons. The predicted octanol–water partition coefficient (Wildman–Crippen LogP) is 4.29. The molecule has 2 heterocycles. The van der Waals surface area contributed by atoms with Crippen molar-refractivity contribution in [2.75, 3.05) is 0 Å². The lowest BCUT2D eigenvalue weighted by Gasteiger charge is -2.32. The van der Waals surface area contributed by atoms with Gasteiger partial charge in [-0.05, 0) is 61.9 Å². The number of carbonyl (C=O) groups excluding carboxylic acids is 2. The quantitative estimate of drug-likeness (QED) is 0.233. The summed E-state index contributed by atoms with van der Waals surface area (Å²) in [6, 6.07) is 19.5. The van der Waals surface area contributed by atoms with E-state index < -0.39 is 35.5 Å². The van der Waals surface area contributed by atoms with E-state index in [4.69, 9.17) is 9.15 Å². The van der Waals surface area contributed by atoms with E-state index in [1.807, 2.05) is 56.3 Å². The number of carbonyl (C=O) groups is 3. The van der Waals surface area contributed by atoms with E-state index in [2.05, 4.69) is 10.6 Å². The Bertz CT molecular complexity index is 1750. The molecule has 3 aromatic carbocycles. The molecule has 9 heteroatoms.